The number of carbonyl (C=O) groups excluding carboxylic acids is 1. The molecule has 0 aromatic heterocycles. The molecule has 0 bridgehead atoms. The Hall–Kier alpha value is -2.57. The lowest BCUT2D eigenvalue weighted by Gasteiger charge is -2.06. The quantitative estimate of drug-likeness (QED) is 0.329. The highest BCUT2D eigenvalue weighted by Crippen LogP contribution is 2.25. The molecule has 0 spiro atoms. The predicted octanol–water partition coefficient (Wildman–Crippen LogP) is 4.45. The third kappa shape index (κ3) is 4.30. The van der Waals surface area contributed by atoms with Gasteiger partial charge in [0.2, 0.25) is 0 Å². The molecule has 156 valence electrons. The van der Waals surface area contributed by atoms with Crippen LogP contribution in [-0.4, -0.2) is 32.0 Å². The molecule has 2 atom stereocenters. The monoisotopic (exact) mass is 425 g/mol. The number of ketones is 1. The van der Waals surface area contributed by atoms with Crippen LogP contribution in [0.5, 0.6) is 0 Å². The topological polar surface area (TPSA) is 73.2 Å². The molecule has 30 heavy (non-hydrogen) atoms. The van der Waals surface area contributed by atoms with Gasteiger partial charge in [-0.1, -0.05) is 48.9 Å². The van der Waals surface area contributed by atoms with Gasteiger partial charge >= 0.3 is 0 Å². The van der Waals surface area contributed by atoms with Crippen LogP contribution in [0.1, 0.15) is 35.2 Å². The van der Waals surface area contributed by atoms with Crippen molar-refractivity contribution < 1.29 is 17.6 Å². The normalized spacial score (nSPS) is 18.5. The van der Waals surface area contributed by atoms with E-state index >= 15 is 0 Å². The second-order valence-corrected chi connectivity index (χ2v) is 9.98. The average molecular weight is 426 g/mol. The minimum absolute atomic E-state index is 0.0132. The summed E-state index contributed by atoms with van der Waals surface area (Å²) in [7, 11) is -3.35. The van der Waals surface area contributed by atoms with Crippen molar-refractivity contribution in [3.05, 3.63) is 77.6 Å². The van der Waals surface area contributed by atoms with Crippen molar-refractivity contribution >= 4 is 26.4 Å². The second-order valence-electron chi connectivity index (χ2n) is 7.88. The molecule has 1 heterocycles. The van der Waals surface area contributed by atoms with E-state index in [9.17, 15) is 17.6 Å². The minimum Gasteiger partial charge on any atom is -0.301 e. The van der Waals surface area contributed by atoms with Crippen molar-refractivity contribution in [3.8, 4) is 0 Å². The maximum absolute atomic E-state index is 14.1. The van der Waals surface area contributed by atoms with Crippen LogP contribution in [0.3, 0.4) is 0 Å². The van der Waals surface area contributed by atoms with Crippen molar-refractivity contribution in [3.63, 3.8) is 0 Å². The highest BCUT2D eigenvalue weighted by Gasteiger charge is 2.42. The van der Waals surface area contributed by atoms with E-state index in [2.05, 4.69) is 5.32 Å². The van der Waals surface area contributed by atoms with E-state index in [4.69, 9.17) is 0 Å². The summed E-state index contributed by atoms with van der Waals surface area (Å²) in [6, 6.07) is 17.3. The summed E-state index contributed by atoms with van der Waals surface area (Å²) in [5, 5.41) is 5.02. The van der Waals surface area contributed by atoms with Gasteiger partial charge in [0.1, 0.15) is 5.82 Å². The Balaban J connectivity index is 1.29. The lowest BCUT2D eigenvalue weighted by molar-refractivity contribution is 0.0983. The number of fused-ring (bicyclic) bond motifs is 1. The van der Waals surface area contributed by atoms with E-state index in [-0.39, 0.29) is 29.2 Å². The first-order valence-electron chi connectivity index (χ1n) is 10.1. The standard InChI is InChI=1S/C24H24FNO3S/c1-16-7-6-10-20(22(16)25)24(27)23-21(26-23)11-4-5-14-30(28,29)19-13-12-17-8-2-3-9-18(17)15-19/h2-3,6-10,12-13,15,21,23,26H,4-5,11,14H2,1H3. The maximum atomic E-state index is 14.1. The van der Waals surface area contributed by atoms with E-state index in [0.717, 1.165) is 10.8 Å². The molecule has 0 aliphatic carbocycles. The number of unbranched alkanes of at least 4 members (excludes halogenated alkanes) is 1. The Morgan fingerprint density at radius 2 is 1.77 bits per heavy atom. The fourth-order valence-electron chi connectivity index (χ4n) is 3.82. The van der Waals surface area contributed by atoms with E-state index in [1.54, 1.807) is 31.2 Å². The number of carbonyl (C=O) groups is 1. The molecule has 0 radical (unpaired) electrons. The SMILES string of the molecule is Cc1cccc(C(=O)C2NC2CCCCS(=O)(=O)c2ccc3ccccc3c2)c1F. The fraction of sp³-hybridized carbons (Fsp3) is 0.292. The molecule has 1 aliphatic heterocycles. The highest BCUT2D eigenvalue weighted by atomic mass is 32.2. The number of hydrogen-bond acceptors (Lipinski definition) is 4. The molecule has 1 saturated heterocycles. The van der Waals surface area contributed by atoms with Crippen LogP contribution in [0, 0.1) is 12.7 Å². The summed E-state index contributed by atoms with van der Waals surface area (Å²) < 4.78 is 39.5. The Bertz CT molecular complexity index is 1210. The maximum Gasteiger partial charge on any atom is 0.184 e. The number of sulfone groups is 1. The van der Waals surface area contributed by atoms with Crippen LogP contribution in [0.25, 0.3) is 10.8 Å². The fourth-order valence-corrected chi connectivity index (χ4v) is 5.23. The molecule has 0 amide bonds. The van der Waals surface area contributed by atoms with E-state index in [1.807, 2.05) is 30.3 Å². The third-order valence-electron chi connectivity index (χ3n) is 5.68. The number of aryl methyl sites for hydroxylation is 1. The van der Waals surface area contributed by atoms with Crippen LogP contribution in [0.2, 0.25) is 0 Å². The Morgan fingerprint density at radius 1 is 1.00 bits per heavy atom. The number of Topliss-reactive ketones (excluding diaryl/α,β-unsaturated/α-hetero) is 1. The molecule has 2 unspecified atom stereocenters. The molecule has 6 heteroatoms. The summed E-state index contributed by atoms with van der Waals surface area (Å²) in [5.41, 5.74) is 0.575. The van der Waals surface area contributed by atoms with Gasteiger partial charge in [0, 0.05) is 6.04 Å². The lowest BCUT2D eigenvalue weighted by Crippen LogP contribution is -2.14. The largest absolute Gasteiger partial charge is 0.301 e. The van der Waals surface area contributed by atoms with Crippen molar-refractivity contribution in [2.75, 3.05) is 5.75 Å². The van der Waals surface area contributed by atoms with Crippen molar-refractivity contribution in [2.45, 2.75) is 43.2 Å². The molecule has 4 nitrogen and oxygen atoms in total. The summed E-state index contributed by atoms with van der Waals surface area (Å²) in [4.78, 5) is 12.8. The first-order chi connectivity index (χ1) is 14.4. The Morgan fingerprint density at radius 3 is 2.57 bits per heavy atom. The van der Waals surface area contributed by atoms with Crippen LogP contribution < -0.4 is 5.32 Å². The molecule has 0 saturated carbocycles. The molecule has 4 rings (SSSR count). The summed E-state index contributed by atoms with van der Waals surface area (Å²) >= 11 is 0. The van der Waals surface area contributed by atoms with Crippen LogP contribution in [0.15, 0.2) is 65.6 Å². The molecular formula is C24H24FNO3S. The second kappa shape index (κ2) is 8.28. The predicted molar refractivity (Wildman–Crippen MR) is 116 cm³/mol. The van der Waals surface area contributed by atoms with Gasteiger partial charge < -0.3 is 5.32 Å². The minimum atomic E-state index is -3.35. The first kappa shape index (κ1) is 20.7. The first-order valence-corrected chi connectivity index (χ1v) is 11.8. The Labute approximate surface area is 176 Å². The van der Waals surface area contributed by atoms with Gasteiger partial charge in [0.15, 0.2) is 15.6 Å². The zero-order valence-electron chi connectivity index (χ0n) is 16.8. The average Bonchev–Trinajstić information content (AvgIpc) is 3.52. The van der Waals surface area contributed by atoms with Gasteiger partial charge in [-0.05, 0) is 54.3 Å². The number of nitrogens with one attached hydrogen (secondary N) is 1. The number of hydrogen-bond donors (Lipinski definition) is 1. The van der Waals surface area contributed by atoms with Gasteiger partial charge in [0.25, 0.3) is 0 Å². The van der Waals surface area contributed by atoms with Crippen LogP contribution in [0.4, 0.5) is 4.39 Å². The number of halogens is 1. The molecular weight excluding hydrogens is 401 g/mol. The van der Waals surface area contributed by atoms with Crippen LogP contribution >= 0.6 is 0 Å². The zero-order valence-corrected chi connectivity index (χ0v) is 17.6. The lowest BCUT2D eigenvalue weighted by atomic mass is 10.0. The molecule has 1 aliphatic rings. The number of benzene rings is 3. The number of rotatable bonds is 8. The zero-order chi connectivity index (χ0) is 21.3. The van der Waals surface area contributed by atoms with E-state index in [1.165, 1.54) is 6.07 Å². The van der Waals surface area contributed by atoms with Crippen LogP contribution in [-0.2, 0) is 9.84 Å². The van der Waals surface area contributed by atoms with Gasteiger partial charge in [-0.2, -0.15) is 0 Å². The summed E-state index contributed by atoms with van der Waals surface area (Å²) in [6.07, 6.45) is 1.90. The summed E-state index contributed by atoms with van der Waals surface area (Å²) in [6.45, 7) is 1.64. The van der Waals surface area contributed by atoms with Gasteiger partial charge in [-0.15, -0.1) is 0 Å². The summed E-state index contributed by atoms with van der Waals surface area (Å²) in [5.74, 6) is -0.621. The Kier molecular flexibility index (Phi) is 5.71. The highest BCUT2D eigenvalue weighted by molar-refractivity contribution is 7.91. The molecule has 1 N–H and O–H groups in total. The van der Waals surface area contributed by atoms with Gasteiger partial charge in [-0.3, -0.25) is 4.79 Å². The third-order valence-corrected chi connectivity index (χ3v) is 7.48. The van der Waals surface area contributed by atoms with Crippen molar-refractivity contribution in [1.29, 1.82) is 0 Å². The molecule has 3 aromatic rings. The van der Waals surface area contributed by atoms with Crippen molar-refractivity contribution in [2.24, 2.45) is 0 Å². The van der Waals surface area contributed by atoms with Gasteiger partial charge in [-0.25, -0.2) is 12.8 Å². The van der Waals surface area contributed by atoms with E-state index < -0.39 is 15.7 Å². The molecule has 1 fully saturated rings. The molecule has 3 aromatic carbocycles. The van der Waals surface area contributed by atoms with Gasteiger partial charge in [0.05, 0.1) is 22.3 Å². The van der Waals surface area contributed by atoms with E-state index in [0.29, 0.717) is 29.7 Å². The van der Waals surface area contributed by atoms with Crippen molar-refractivity contribution in [1.82, 2.24) is 5.32 Å². The smallest absolute Gasteiger partial charge is 0.184 e.